The van der Waals surface area contributed by atoms with Crippen LogP contribution in [0.15, 0.2) is 42.5 Å². The number of imide groups is 1. The molecule has 6 nitrogen and oxygen atoms in total. The molecule has 0 radical (unpaired) electrons. The van der Waals surface area contributed by atoms with Crippen molar-refractivity contribution in [2.75, 3.05) is 0 Å². The van der Waals surface area contributed by atoms with Crippen LogP contribution >= 0.6 is 0 Å². The van der Waals surface area contributed by atoms with E-state index in [0.717, 1.165) is 16.3 Å². The lowest BCUT2D eigenvalue weighted by molar-refractivity contribution is -0.139. The third kappa shape index (κ3) is 2.54. The number of nitrogens with one attached hydrogen (secondary N) is 2. The fourth-order valence-corrected chi connectivity index (χ4v) is 3.98. The van der Waals surface area contributed by atoms with Crippen molar-refractivity contribution in [1.82, 2.24) is 10.6 Å². The highest BCUT2D eigenvalue weighted by atomic mass is 16.4. The maximum absolute atomic E-state index is 12.5. The van der Waals surface area contributed by atoms with Gasteiger partial charge in [-0.25, -0.2) is 4.79 Å². The normalized spacial score (nSPS) is 27.8. The molecule has 2 aromatic carbocycles. The summed E-state index contributed by atoms with van der Waals surface area (Å²) in [6, 6.07) is 13.5. The van der Waals surface area contributed by atoms with Gasteiger partial charge < -0.3 is 10.4 Å². The molecular formula is C19H18N2O4. The molecule has 0 spiro atoms. The van der Waals surface area contributed by atoms with Gasteiger partial charge in [-0.05, 0) is 35.6 Å². The van der Waals surface area contributed by atoms with Crippen LogP contribution in [-0.2, 0) is 16.0 Å². The number of hydrogen-bond acceptors (Lipinski definition) is 3. The highest BCUT2D eigenvalue weighted by Gasteiger charge is 2.62. The molecule has 1 aliphatic heterocycles. The van der Waals surface area contributed by atoms with Crippen molar-refractivity contribution in [1.29, 1.82) is 0 Å². The second-order valence-corrected chi connectivity index (χ2v) is 6.80. The average Bonchev–Trinajstić information content (AvgIpc) is 3.34. The molecule has 1 saturated heterocycles. The molecule has 3 N–H and O–H groups in total. The van der Waals surface area contributed by atoms with Crippen LogP contribution in [0.3, 0.4) is 0 Å². The molecule has 2 fully saturated rings. The quantitative estimate of drug-likeness (QED) is 0.727. The van der Waals surface area contributed by atoms with E-state index in [9.17, 15) is 19.5 Å². The van der Waals surface area contributed by atoms with Crippen molar-refractivity contribution >= 4 is 28.7 Å². The first kappa shape index (κ1) is 15.6. The Morgan fingerprint density at radius 1 is 1.16 bits per heavy atom. The number of benzene rings is 2. The summed E-state index contributed by atoms with van der Waals surface area (Å²) >= 11 is 0. The van der Waals surface area contributed by atoms with Gasteiger partial charge in [0.25, 0.3) is 5.91 Å². The predicted octanol–water partition coefficient (Wildman–Crippen LogP) is 2.07. The van der Waals surface area contributed by atoms with Crippen molar-refractivity contribution in [2.45, 2.75) is 24.8 Å². The molecule has 25 heavy (non-hydrogen) atoms. The van der Waals surface area contributed by atoms with E-state index in [4.69, 9.17) is 0 Å². The Labute approximate surface area is 144 Å². The number of carboxylic acid groups (broad SMARTS) is 1. The summed E-state index contributed by atoms with van der Waals surface area (Å²) in [4.78, 5) is 35.4. The van der Waals surface area contributed by atoms with Crippen LogP contribution in [0, 0.1) is 11.8 Å². The van der Waals surface area contributed by atoms with Crippen molar-refractivity contribution in [2.24, 2.45) is 11.8 Å². The Bertz CT molecular complexity index is 889. The number of rotatable bonds is 5. The minimum Gasteiger partial charge on any atom is -0.481 e. The number of aliphatic carboxylic acids is 1. The SMILES string of the molecule is O=C1NC(=O)C(CCc2cccc3ccccc23)(C2CC2C(=O)O)N1. The van der Waals surface area contributed by atoms with Crippen LogP contribution in [-0.4, -0.2) is 28.6 Å². The van der Waals surface area contributed by atoms with Crippen LogP contribution < -0.4 is 10.6 Å². The van der Waals surface area contributed by atoms with Gasteiger partial charge in [-0.1, -0.05) is 42.5 Å². The number of carbonyl (C=O) groups excluding carboxylic acids is 2. The van der Waals surface area contributed by atoms with Gasteiger partial charge in [-0.15, -0.1) is 0 Å². The summed E-state index contributed by atoms with van der Waals surface area (Å²) in [5.41, 5.74) is -0.0455. The molecule has 1 heterocycles. The number of carbonyl (C=O) groups is 3. The number of amides is 3. The molecule has 1 aliphatic carbocycles. The van der Waals surface area contributed by atoms with Gasteiger partial charge in [0.1, 0.15) is 5.54 Å². The second-order valence-electron chi connectivity index (χ2n) is 6.80. The zero-order chi connectivity index (χ0) is 17.6. The van der Waals surface area contributed by atoms with E-state index in [0.29, 0.717) is 19.3 Å². The molecule has 2 aromatic rings. The van der Waals surface area contributed by atoms with E-state index in [1.807, 2.05) is 42.5 Å². The standard InChI is InChI=1S/C19H18N2O4/c22-16(23)14-10-15(14)19(17(24)20-18(25)21-19)9-8-12-6-3-5-11-4-1-2-7-13(11)12/h1-7,14-15H,8-10H2,(H,22,23)(H2,20,21,24,25). The molecule has 0 aromatic heterocycles. The summed E-state index contributed by atoms with van der Waals surface area (Å²) in [7, 11) is 0. The first-order valence-electron chi connectivity index (χ1n) is 8.34. The Hall–Kier alpha value is -2.89. The summed E-state index contributed by atoms with van der Waals surface area (Å²) in [6.45, 7) is 0. The van der Waals surface area contributed by atoms with Gasteiger partial charge in [-0.3, -0.25) is 14.9 Å². The van der Waals surface area contributed by atoms with E-state index >= 15 is 0 Å². The van der Waals surface area contributed by atoms with Crippen LogP contribution in [0.25, 0.3) is 10.8 Å². The van der Waals surface area contributed by atoms with Gasteiger partial charge >= 0.3 is 12.0 Å². The molecule has 3 unspecified atom stereocenters. The van der Waals surface area contributed by atoms with Crippen molar-refractivity contribution < 1.29 is 19.5 Å². The van der Waals surface area contributed by atoms with E-state index in [2.05, 4.69) is 10.6 Å². The molecule has 4 rings (SSSR count). The van der Waals surface area contributed by atoms with Crippen LogP contribution in [0.2, 0.25) is 0 Å². The summed E-state index contributed by atoms with van der Waals surface area (Å²) in [6.07, 6.45) is 1.38. The van der Waals surface area contributed by atoms with Gasteiger partial charge in [0.2, 0.25) is 0 Å². The number of hydrogen-bond donors (Lipinski definition) is 3. The largest absolute Gasteiger partial charge is 0.481 e. The third-order valence-corrected chi connectivity index (χ3v) is 5.38. The van der Waals surface area contributed by atoms with Gasteiger partial charge in [0, 0.05) is 5.92 Å². The van der Waals surface area contributed by atoms with E-state index in [1.165, 1.54) is 0 Å². The Morgan fingerprint density at radius 3 is 2.60 bits per heavy atom. The maximum atomic E-state index is 12.5. The van der Waals surface area contributed by atoms with E-state index in [-0.39, 0.29) is 5.92 Å². The number of aryl methyl sites for hydroxylation is 1. The van der Waals surface area contributed by atoms with Gasteiger partial charge in [-0.2, -0.15) is 0 Å². The molecule has 6 heteroatoms. The predicted molar refractivity (Wildman–Crippen MR) is 90.9 cm³/mol. The molecule has 128 valence electrons. The first-order chi connectivity index (χ1) is 12.0. The summed E-state index contributed by atoms with van der Waals surface area (Å²) < 4.78 is 0. The highest BCUT2D eigenvalue weighted by Crippen LogP contribution is 2.49. The molecule has 0 bridgehead atoms. The lowest BCUT2D eigenvalue weighted by atomic mass is 9.84. The van der Waals surface area contributed by atoms with Crippen molar-refractivity contribution in [3.05, 3.63) is 48.0 Å². The maximum Gasteiger partial charge on any atom is 0.322 e. The third-order valence-electron chi connectivity index (χ3n) is 5.38. The number of fused-ring (bicyclic) bond motifs is 1. The minimum absolute atomic E-state index is 0.355. The molecule has 3 amide bonds. The Kier molecular flexibility index (Phi) is 3.49. The molecule has 1 saturated carbocycles. The second kappa shape index (κ2) is 5.58. The van der Waals surface area contributed by atoms with Crippen LogP contribution in [0.4, 0.5) is 4.79 Å². The zero-order valence-electron chi connectivity index (χ0n) is 13.5. The van der Waals surface area contributed by atoms with Crippen molar-refractivity contribution in [3.63, 3.8) is 0 Å². The Morgan fingerprint density at radius 2 is 1.92 bits per heavy atom. The van der Waals surface area contributed by atoms with Gasteiger partial charge in [0.15, 0.2) is 0 Å². The molecular weight excluding hydrogens is 320 g/mol. The molecule has 2 aliphatic rings. The average molecular weight is 338 g/mol. The zero-order valence-corrected chi connectivity index (χ0v) is 13.5. The smallest absolute Gasteiger partial charge is 0.322 e. The lowest BCUT2D eigenvalue weighted by Crippen LogP contribution is -2.50. The fourth-order valence-electron chi connectivity index (χ4n) is 3.98. The summed E-state index contributed by atoms with van der Waals surface area (Å²) in [5.74, 6) is -2.25. The van der Waals surface area contributed by atoms with Crippen LogP contribution in [0.5, 0.6) is 0 Å². The summed E-state index contributed by atoms with van der Waals surface area (Å²) in [5, 5.41) is 16.5. The fraction of sp³-hybridized carbons (Fsp3) is 0.316. The number of carboxylic acids is 1. The van der Waals surface area contributed by atoms with Gasteiger partial charge in [0.05, 0.1) is 5.92 Å². The van der Waals surface area contributed by atoms with Crippen molar-refractivity contribution in [3.8, 4) is 0 Å². The van der Waals surface area contributed by atoms with E-state index in [1.54, 1.807) is 0 Å². The highest BCUT2D eigenvalue weighted by molar-refractivity contribution is 6.08. The Balaban J connectivity index is 1.63. The molecule has 3 atom stereocenters. The number of urea groups is 1. The van der Waals surface area contributed by atoms with Crippen LogP contribution in [0.1, 0.15) is 18.4 Å². The monoisotopic (exact) mass is 338 g/mol. The topological polar surface area (TPSA) is 95.5 Å². The minimum atomic E-state index is -1.13. The first-order valence-corrected chi connectivity index (χ1v) is 8.34. The lowest BCUT2D eigenvalue weighted by Gasteiger charge is -2.26. The van der Waals surface area contributed by atoms with E-state index < -0.39 is 29.4 Å².